The van der Waals surface area contributed by atoms with E-state index in [0.29, 0.717) is 28.1 Å². The van der Waals surface area contributed by atoms with Gasteiger partial charge >= 0.3 is 0 Å². The van der Waals surface area contributed by atoms with Gasteiger partial charge in [-0.25, -0.2) is 0 Å². The molecule has 1 fully saturated rings. The number of nitrogens with one attached hydrogen (secondary N) is 1. The Bertz CT molecular complexity index is 1060. The van der Waals surface area contributed by atoms with Gasteiger partial charge < -0.3 is 10.1 Å². The predicted octanol–water partition coefficient (Wildman–Crippen LogP) is 6.51. The highest BCUT2D eigenvalue weighted by molar-refractivity contribution is 14.1. The van der Waals surface area contributed by atoms with Crippen LogP contribution in [0.1, 0.15) is 49.0 Å². The standard InChI is InChI=1S/C23H25ClIN3O2/c1-14(25)15-6-8-19(9-7-15)28-13-17-11-21(22(30-2)12-20(17)27-28)26-23(29)16-4-3-5-18(24)10-16/h3-5,10-15,19H,6-9H2,1-2H3,(H,26,29)/t14?,15-,19-. The van der Waals surface area contributed by atoms with Crippen LogP contribution in [0.15, 0.2) is 42.6 Å². The first-order valence-corrected chi connectivity index (χ1v) is 11.8. The second-order valence-electron chi connectivity index (χ2n) is 7.93. The van der Waals surface area contributed by atoms with Crippen molar-refractivity contribution in [1.82, 2.24) is 9.78 Å². The van der Waals surface area contributed by atoms with Crippen LogP contribution in [-0.2, 0) is 0 Å². The predicted molar refractivity (Wildman–Crippen MR) is 130 cm³/mol. The summed E-state index contributed by atoms with van der Waals surface area (Å²) in [7, 11) is 1.60. The molecule has 0 aliphatic heterocycles. The molecule has 30 heavy (non-hydrogen) atoms. The smallest absolute Gasteiger partial charge is 0.255 e. The zero-order valence-corrected chi connectivity index (χ0v) is 20.0. The van der Waals surface area contributed by atoms with E-state index >= 15 is 0 Å². The van der Waals surface area contributed by atoms with Crippen LogP contribution in [0.4, 0.5) is 5.69 Å². The van der Waals surface area contributed by atoms with Gasteiger partial charge in [-0.3, -0.25) is 9.48 Å². The van der Waals surface area contributed by atoms with Crippen LogP contribution in [0.25, 0.3) is 10.9 Å². The van der Waals surface area contributed by atoms with Crippen molar-refractivity contribution in [2.75, 3.05) is 12.4 Å². The van der Waals surface area contributed by atoms with Crippen LogP contribution >= 0.6 is 34.2 Å². The van der Waals surface area contributed by atoms with E-state index in [-0.39, 0.29) is 5.91 Å². The summed E-state index contributed by atoms with van der Waals surface area (Å²) in [4.78, 5) is 12.7. The zero-order chi connectivity index (χ0) is 21.3. The molecule has 1 unspecified atom stereocenters. The first-order valence-electron chi connectivity index (χ1n) is 10.2. The molecule has 1 heterocycles. The number of halogens is 2. The topological polar surface area (TPSA) is 56.1 Å². The number of hydrogen-bond acceptors (Lipinski definition) is 3. The van der Waals surface area contributed by atoms with Gasteiger partial charge in [-0.15, -0.1) is 0 Å². The number of nitrogens with zero attached hydrogens (tertiary/aromatic N) is 2. The molecule has 1 aromatic heterocycles. The van der Waals surface area contributed by atoms with Crippen LogP contribution in [0, 0.1) is 5.92 Å². The second-order valence-corrected chi connectivity index (χ2v) is 10.3. The summed E-state index contributed by atoms with van der Waals surface area (Å²) in [5, 5.41) is 9.27. The number of ether oxygens (including phenoxy) is 1. The minimum atomic E-state index is -0.228. The molecule has 1 aliphatic rings. The molecular weight excluding hydrogens is 513 g/mol. The van der Waals surface area contributed by atoms with Gasteiger partial charge in [0.05, 0.1) is 24.4 Å². The van der Waals surface area contributed by atoms with Gasteiger partial charge in [0.1, 0.15) is 5.75 Å². The Balaban J connectivity index is 1.57. The monoisotopic (exact) mass is 537 g/mol. The lowest BCUT2D eigenvalue weighted by atomic mass is 9.84. The quantitative estimate of drug-likeness (QED) is 0.298. The highest BCUT2D eigenvalue weighted by Gasteiger charge is 2.25. The van der Waals surface area contributed by atoms with Gasteiger partial charge in [0.15, 0.2) is 0 Å². The summed E-state index contributed by atoms with van der Waals surface area (Å²) in [6, 6.07) is 11.1. The van der Waals surface area contributed by atoms with E-state index in [4.69, 9.17) is 21.4 Å². The van der Waals surface area contributed by atoms with E-state index in [0.717, 1.165) is 33.6 Å². The number of carbonyl (C=O) groups excluding carboxylic acids is 1. The molecule has 7 heteroatoms. The SMILES string of the molecule is COc1cc2nn([C@H]3CC[C@H](C(C)I)CC3)cc2cc1NC(=O)c1cccc(Cl)c1. The van der Waals surface area contributed by atoms with Gasteiger partial charge in [0.25, 0.3) is 5.91 Å². The van der Waals surface area contributed by atoms with Crippen molar-refractivity contribution < 1.29 is 9.53 Å². The summed E-state index contributed by atoms with van der Waals surface area (Å²) in [5.41, 5.74) is 2.00. The van der Waals surface area contributed by atoms with Crippen LogP contribution in [0.5, 0.6) is 5.75 Å². The Labute approximate surface area is 195 Å². The van der Waals surface area contributed by atoms with E-state index in [1.54, 1.807) is 31.4 Å². The van der Waals surface area contributed by atoms with Crippen LogP contribution in [0.2, 0.25) is 5.02 Å². The molecular formula is C23H25ClIN3O2. The van der Waals surface area contributed by atoms with Crippen molar-refractivity contribution in [3.05, 3.63) is 53.2 Å². The molecule has 1 amide bonds. The van der Waals surface area contributed by atoms with Crippen molar-refractivity contribution in [1.29, 1.82) is 0 Å². The number of rotatable bonds is 5. The number of methoxy groups -OCH3 is 1. The van der Waals surface area contributed by atoms with E-state index < -0.39 is 0 Å². The fourth-order valence-corrected chi connectivity index (χ4v) is 5.08. The fourth-order valence-electron chi connectivity index (χ4n) is 4.17. The first-order chi connectivity index (χ1) is 14.4. The molecule has 2 aromatic carbocycles. The van der Waals surface area contributed by atoms with E-state index in [1.807, 2.05) is 12.1 Å². The molecule has 0 saturated heterocycles. The normalized spacial score (nSPS) is 20.1. The van der Waals surface area contributed by atoms with Crippen LogP contribution in [0.3, 0.4) is 0 Å². The van der Waals surface area contributed by atoms with Crippen molar-refractivity contribution >= 4 is 56.7 Å². The Hall–Kier alpha value is -1.80. The van der Waals surface area contributed by atoms with Crippen molar-refractivity contribution in [3.8, 4) is 5.75 Å². The van der Waals surface area contributed by atoms with E-state index in [1.165, 1.54) is 12.8 Å². The third-order valence-corrected chi connectivity index (χ3v) is 7.20. The van der Waals surface area contributed by atoms with Crippen LogP contribution < -0.4 is 10.1 Å². The molecule has 1 aliphatic carbocycles. The third kappa shape index (κ3) is 4.59. The number of amides is 1. The number of benzene rings is 2. The highest BCUT2D eigenvalue weighted by Crippen LogP contribution is 2.37. The van der Waals surface area contributed by atoms with Gasteiger partial charge in [-0.2, -0.15) is 5.10 Å². The Morgan fingerprint density at radius 2 is 2.03 bits per heavy atom. The lowest BCUT2D eigenvalue weighted by molar-refractivity contribution is 0.102. The van der Waals surface area contributed by atoms with E-state index in [9.17, 15) is 4.79 Å². The maximum absolute atomic E-state index is 12.7. The largest absolute Gasteiger partial charge is 0.494 e. The summed E-state index contributed by atoms with van der Waals surface area (Å²) in [6.45, 7) is 2.30. The van der Waals surface area contributed by atoms with Gasteiger partial charge in [0, 0.05) is 32.2 Å². The average molecular weight is 538 g/mol. The molecule has 4 rings (SSSR count). The molecule has 158 valence electrons. The summed E-state index contributed by atoms with van der Waals surface area (Å²) in [6.07, 6.45) is 6.88. The molecule has 0 spiro atoms. The number of alkyl halides is 1. The zero-order valence-electron chi connectivity index (χ0n) is 17.1. The van der Waals surface area contributed by atoms with Gasteiger partial charge in [-0.1, -0.05) is 47.2 Å². The van der Waals surface area contributed by atoms with Crippen molar-refractivity contribution in [2.45, 2.75) is 42.6 Å². The number of fused-ring (bicyclic) bond motifs is 1. The molecule has 1 N–H and O–H groups in total. The summed E-state index contributed by atoms with van der Waals surface area (Å²) in [5.74, 6) is 1.17. The lowest BCUT2D eigenvalue weighted by Crippen LogP contribution is -2.22. The molecule has 1 atom stereocenters. The molecule has 1 saturated carbocycles. The summed E-state index contributed by atoms with van der Waals surface area (Å²) < 4.78 is 8.33. The Kier molecular flexibility index (Phi) is 6.53. The molecule has 0 radical (unpaired) electrons. The fraction of sp³-hybridized carbons (Fsp3) is 0.391. The maximum atomic E-state index is 12.7. The van der Waals surface area contributed by atoms with Crippen LogP contribution in [-0.4, -0.2) is 26.7 Å². The van der Waals surface area contributed by atoms with Gasteiger partial charge in [0.2, 0.25) is 0 Å². The van der Waals surface area contributed by atoms with Crippen molar-refractivity contribution in [2.24, 2.45) is 5.92 Å². The summed E-state index contributed by atoms with van der Waals surface area (Å²) >= 11 is 8.56. The number of anilines is 1. The van der Waals surface area contributed by atoms with Crippen molar-refractivity contribution in [3.63, 3.8) is 0 Å². The first kappa shape index (κ1) is 21.4. The highest BCUT2D eigenvalue weighted by atomic mass is 127. The molecule has 0 bridgehead atoms. The third-order valence-electron chi connectivity index (χ3n) is 5.94. The molecule has 3 aromatic rings. The number of hydrogen-bond donors (Lipinski definition) is 1. The average Bonchev–Trinajstić information content (AvgIpc) is 3.16. The minimum absolute atomic E-state index is 0.228. The number of carbonyl (C=O) groups is 1. The lowest BCUT2D eigenvalue weighted by Gasteiger charge is -2.30. The van der Waals surface area contributed by atoms with E-state index in [2.05, 4.69) is 45.7 Å². The maximum Gasteiger partial charge on any atom is 0.255 e. The number of aromatic nitrogens is 2. The minimum Gasteiger partial charge on any atom is -0.494 e. The van der Waals surface area contributed by atoms with Gasteiger partial charge in [-0.05, 0) is 55.9 Å². The Morgan fingerprint density at radius 3 is 2.70 bits per heavy atom. The Morgan fingerprint density at radius 1 is 1.27 bits per heavy atom. The second kappa shape index (κ2) is 9.14. The molecule has 5 nitrogen and oxygen atoms in total.